The van der Waals surface area contributed by atoms with Gasteiger partial charge in [-0.15, -0.1) is 0 Å². The van der Waals surface area contributed by atoms with Crippen molar-refractivity contribution in [3.8, 4) is 0 Å². The molecule has 2 aromatic heterocycles. The van der Waals surface area contributed by atoms with Gasteiger partial charge in [-0.05, 0) is 44.5 Å². The van der Waals surface area contributed by atoms with Crippen LogP contribution in [0.1, 0.15) is 22.5 Å². The van der Waals surface area contributed by atoms with Crippen molar-refractivity contribution in [1.29, 1.82) is 0 Å². The summed E-state index contributed by atoms with van der Waals surface area (Å²) in [4.78, 5) is 4.00. The van der Waals surface area contributed by atoms with Crippen LogP contribution in [0.15, 0.2) is 24.5 Å². The van der Waals surface area contributed by atoms with Crippen molar-refractivity contribution in [2.45, 2.75) is 26.8 Å². The number of aromatic nitrogens is 3. The minimum absolute atomic E-state index is 0.874. The Morgan fingerprint density at radius 1 is 1.24 bits per heavy atom. The molecular formula is C13H18N4. The van der Waals surface area contributed by atoms with Crippen molar-refractivity contribution in [2.75, 3.05) is 6.54 Å². The molecule has 0 fully saturated rings. The monoisotopic (exact) mass is 230 g/mol. The number of pyridine rings is 1. The summed E-state index contributed by atoms with van der Waals surface area (Å²) in [6.07, 6.45) is 4.69. The van der Waals surface area contributed by atoms with Gasteiger partial charge in [0.05, 0.1) is 5.69 Å². The summed E-state index contributed by atoms with van der Waals surface area (Å²) in [5, 5.41) is 10.6. The first kappa shape index (κ1) is 11.8. The van der Waals surface area contributed by atoms with Gasteiger partial charge in [0.2, 0.25) is 0 Å². The first-order valence-electron chi connectivity index (χ1n) is 5.87. The van der Waals surface area contributed by atoms with Crippen LogP contribution in [0, 0.1) is 13.8 Å². The molecule has 0 radical (unpaired) electrons. The van der Waals surface area contributed by atoms with Crippen LogP contribution in [0.4, 0.5) is 0 Å². The third-order valence-corrected chi connectivity index (χ3v) is 2.92. The van der Waals surface area contributed by atoms with Gasteiger partial charge in [-0.2, -0.15) is 5.10 Å². The molecule has 0 unspecified atom stereocenters. The van der Waals surface area contributed by atoms with Crippen LogP contribution >= 0.6 is 0 Å². The van der Waals surface area contributed by atoms with Crippen LogP contribution in [0.25, 0.3) is 0 Å². The molecule has 2 N–H and O–H groups in total. The normalized spacial score (nSPS) is 10.7. The summed E-state index contributed by atoms with van der Waals surface area (Å²) in [6.45, 7) is 5.93. The van der Waals surface area contributed by atoms with E-state index in [1.54, 1.807) is 0 Å². The van der Waals surface area contributed by atoms with E-state index in [0.717, 1.165) is 30.9 Å². The standard InChI is InChI=1S/C13H18N4/c1-10-13(11(2)17-16-10)9-15-8-5-12-3-6-14-7-4-12/h3-4,6-7,15H,5,8-9H2,1-2H3,(H,16,17). The largest absolute Gasteiger partial charge is 0.312 e. The average molecular weight is 230 g/mol. The number of aryl methyl sites for hydroxylation is 2. The molecule has 0 saturated carbocycles. The number of aromatic amines is 1. The Hall–Kier alpha value is -1.68. The lowest BCUT2D eigenvalue weighted by Crippen LogP contribution is -2.17. The van der Waals surface area contributed by atoms with Gasteiger partial charge in [0, 0.05) is 30.2 Å². The van der Waals surface area contributed by atoms with Crippen molar-refractivity contribution >= 4 is 0 Å². The average Bonchev–Trinajstić information content (AvgIpc) is 2.67. The zero-order valence-electron chi connectivity index (χ0n) is 10.3. The molecule has 2 heterocycles. The van der Waals surface area contributed by atoms with E-state index in [0.29, 0.717) is 0 Å². The van der Waals surface area contributed by atoms with E-state index >= 15 is 0 Å². The van der Waals surface area contributed by atoms with Crippen LogP contribution < -0.4 is 5.32 Å². The summed E-state index contributed by atoms with van der Waals surface area (Å²) in [5.41, 5.74) is 4.82. The molecule has 0 amide bonds. The molecule has 2 rings (SSSR count). The second-order valence-electron chi connectivity index (χ2n) is 4.19. The molecule has 2 aromatic rings. The van der Waals surface area contributed by atoms with Crippen molar-refractivity contribution in [2.24, 2.45) is 0 Å². The number of nitrogens with one attached hydrogen (secondary N) is 2. The summed E-state index contributed by atoms with van der Waals surface area (Å²) in [6, 6.07) is 4.10. The molecule has 90 valence electrons. The molecule has 0 atom stereocenters. The molecule has 17 heavy (non-hydrogen) atoms. The van der Waals surface area contributed by atoms with E-state index in [2.05, 4.69) is 39.6 Å². The highest BCUT2D eigenvalue weighted by Gasteiger charge is 2.04. The number of hydrogen-bond acceptors (Lipinski definition) is 3. The highest BCUT2D eigenvalue weighted by molar-refractivity contribution is 5.22. The van der Waals surface area contributed by atoms with Crippen molar-refractivity contribution in [1.82, 2.24) is 20.5 Å². The fraction of sp³-hybridized carbons (Fsp3) is 0.385. The van der Waals surface area contributed by atoms with Gasteiger partial charge in [-0.25, -0.2) is 0 Å². The maximum atomic E-state index is 4.18. The SMILES string of the molecule is Cc1n[nH]c(C)c1CNCCc1ccncc1. The molecule has 0 spiro atoms. The van der Waals surface area contributed by atoms with Gasteiger partial charge in [0.1, 0.15) is 0 Å². The lowest BCUT2D eigenvalue weighted by Gasteiger charge is -2.05. The number of rotatable bonds is 5. The lowest BCUT2D eigenvalue weighted by molar-refractivity contribution is 0.682. The molecule has 0 saturated heterocycles. The van der Waals surface area contributed by atoms with Crippen LogP contribution in [0.3, 0.4) is 0 Å². The zero-order chi connectivity index (χ0) is 12.1. The van der Waals surface area contributed by atoms with E-state index in [1.165, 1.54) is 11.1 Å². The van der Waals surface area contributed by atoms with Crippen molar-refractivity contribution in [3.05, 3.63) is 47.0 Å². The topological polar surface area (TPSA) is 53.6 Å². The van der Waals surface area contributed by atoms with Gasteiger partial charge in [0.25, 0.3) is 0 Å². The number of H-pyrrole nitrogens is 1. The first-order chi connectivity index (χ1) is 8.27. The predicted molar refractivity (Wildman–Crippen MR) is 67.7 cm³/mol. The smallest absolute Gasteiger partial charge is 0.0638 e. The molecule has 0 bridgehead atoms. The van der Waals surface area contributed by atoms with Gasteiger partial charge >= 0.3 is 0 Å². The highest BCUT2D eigenvalue weighted by Crippen LogP contribution is 2.08. The van der Waals surface area contributed by atoms with Gasteiger partial charge in [-0.1, -0.05) is 0 Å². The lowest BCUT2D eigenvalue weighted by atomic mass is 10.2. The van der Waals surface area contributed by atoms with E-state index in [-0.39, 0.29) is 0 Å². The van der Waals surface area contributed by atoms with Gasteiger partial charge in [-0.3, -0.25) is 10.1 Å². The Morgan fingerprint density at radius 3 is 2.65 bits per heavy atom. The Balaban J connectivity index is 1.77. The summed E-state index contributed by atoms with van der Waals surface area (Å²) in [5.74, 6) is 0. The first-order valence-corrected chi connectivity index (χ1v) is 5.87. The van der Waals surface area contributed by atoms with E-state index < -0.39 is 0 Å². The van der Waals surface area contributed by atoms with E-state index in [9.17, 15) is 0 Å². The molecule has 0 aliphatic heterocycles. The fourth-order valence-corrected chi connectivity index (χ4v) is 1.83. The Labute approximate surface area is 101 Å². The third-order valence-electron chi connectivity index (χ3n) is 2.92. The Bertz CT molecular complexity index is 442. The summed E-state index contributed by atoms with van der Waals surface area (Å²) >= 11 is 0. The Morgan fingerprint density at radius 2 is 2.00 bits per heavy atom. The molecule has 4 nitrogen and oxygen atoms in total. The molecule has 0 aliphatic rings. The minimum atomic E-state index is 0.874. The van der Waals surface area contributed by atoms with E-state index in [1.807, 2.05) is 19.3 Å². The number of nitrogens with zero attached hydrogens (tertiary/aromatic N) is 2. The van der Waals surface area contributed by atoms with E-state index in [4.69, 9.17) is 0 Å². The Kier molecular flexibility index (Phi) is 3.88. The van der Waals surface area contributed by atoms with Crippen molar-refractivity contribution < 1.29 is 0 Å². The highest BCUT2D eigenvalue weighted by atomic mass is 15.1. The third kappa shape index (κ3) is 3.14. The minimum Gasteiger partial charge on any atom is -0.312 e. The maximum absolute atomic E-state index is 4.18. The molecule has 0 aromatic carbocycles. The second-order valence-corrected chi connectivity index (χ2v) is 4.19. The fourth-order valence-electron chi connectivity index (χ4n) is 1.83. The summed E-state index contributed by atoms with van der Waals surface area (Å²) < 4.78 is 0. The zero-order valence-corrected chi connectivity index (χ0v) is 10.3. The number of hydrogen-bond donors (Lipinski definition) is 2. The predicted octanol–water partition coefficient (Wildman–Crippen LogP) is 1.75. The molecular weight excluding hydrogens is 212 g/mol. The second kappa shape index (κ2) is 5.59. The molecule has 0 aliphatic carbocycles. The van der Waals surface area contributed by atoms with Crippen LogP contribution in [-0.4, -0.2) is 21.7 Å². The van der Waals surface area contributed by atoms with Gasteiger partial charge in [0.15, 0.2) is 0 Å². The molecule has 4 heteroatoms. The van der Waals surface area contributed by atoms with Gasteiger partial charge < -0.3 is 5.32 Å². The van der Waals surface area contributed by atoms with Crippen molar-refractivity contribution in [3.63, 3.8) is 0 Å². The van der Waals surface area contributed by atoms with Crippen LogP contribution in [0.5, 0.6) is 0 Å². The maximum Gasteiger partial charge on any atom is 0.0638 e. The van der Waals surface area contributed by atoms with Crippen LogP contribution in [0.2, 0.25) is 0 Å². The van der Waals surface area contributed by atoms with Crippen LogP contribution in [-0.2, 0) is 13.0 Å². The quantitative estimate of drug-likeness (QED) is 0.769. The summed E-state index contributed by atoms with van der Waals surface area (Å²) in [7, 11) is 0.